The minimum absolute atomic E-state index is 0.169. The van der Waals surface area contributed by atoms with E-state index in [1.165, 1.54) is 57.8 Å². The summed E-state index contributed by atoms with van der Waals surface area (Å²) in [7, 11) is 3.18. The number of carbonyl (C=O) groups is 1. The molecule has 0 saturated heterocycles. The van der Waals surface area contributed by atoms with Crippen molar-refractivity contribution in [2.75, 3.05) is 31.3 Å². The van der Waals surface area contributed by atoms with Crippen molar-refractivity contribution >= 4 is 27.6 Å². The SMILES string of the molecule is CCCCCCCCCCCCOc1cc(C)cc(C(=O)OCCSSCCO)c1. The van der Waals surface area contributed by atoms with Crippen LogP contribution in [0.4, 0.5) is 0 Å². The summed E-state index contributed by atoms with van der Waals surface area (Å²) < 4.78 is 11.2. The minimum Gasteiger partial charge on any atom is -0.494 e. The molecule has 30 heavy (non-hydrogen) atoms. The molecular weight excluding hydrogens is 416 g/mol. The van der Waals surface area contributed by atoms with Gasteiger partial charge in [0.1, 0.15) is 12.4 Å². The Kier molecular flexibility index (Phi) is 17.1. The van der Waals surface area contributed by atoms with Crippen LogP contribution in [0.3, 0.4) is 0 Å². The van der Waals surface area contributed by atoms with E-state index in [1.54, 1.807) is 27.7 Å². The molecule has 0 amide bonds. The van der Waals surface area contributed by atoms with Gasteiger partial charge in [-0.25, -0.2) is 4.79 Å². The van der Waals surface area contributed by atoms with Crippen LogP contribution in [0.5, 0.6) is 5.75 Å². The van der Waals surface area contributed by atoms with Crippen molar-refractivity contribution in [1.82, 2.24) is 0 Å². The number of unbranched alkanes of at least 4 members (excludes halogenated alkanes) is 9. The van der Waals surface area contributed by atoms with E-state index in [0.717, 1.165) is 17.7 Å². The molecule has 6 heteroatoms. The fourth-order valence-corrected chi connectivity index (χ4v) is 4.73. The smallest absolute Gasteiger partial charge is 0.338 e. The monoisotopic (exact) mass is 456 g/mol. The highest BCUT2D eigenvalue weighted by atomic mass is 33.1. The number of carbonyl (C=O) groups excluding carboxylic acids is 1. The summed E-state index contributed by atoms with van der Waals surface area (Å²) in [5, 5.41) is 8.74. The predicted molar refractivity (Wildman–Crippen MR) is 131 cm³/mol. The quantitative estimate of drug-likeness (QED) is 0.140. The van der Waals surface area contributed by atoms with Gasteiger partial charge in [0.15, 0.2) is 0 Å². The van der Waals surface area contributed by atoms with Gasteiger partial charge in [-0.3, -0.25) is 0 Å². The van der Waals surface area contributed by atoms with Gasteiger partial charge >= 0.3 is 5.97 Å². The lowest BCUT2D eigenvalue weighted by atomic mass is 10.1. The van der Waals surface area contributed by atoms with Crippen LogP contribution < -0.4 is 4.74 Å². The van der Waals surface area contributed by atoms with Gasteiger partial charge in [0.25, 0.3) is 0 Å². The van der Waals surface area contributed by atoms with Crippen LogP contribution in [-0.2, 0) is 4.74 Å². The molecule has 0 bridgehead atoms. The Morgan fingerprint density at radius 3 is 2.17 bits per heavy atom. The first kappa shape index (κ1) is 27.2. The zero-order valence-electron chi connectivity index (χ0n) is 18.8. The second-order valence-corrected chi connectivity index (χ2v) is 10.3. The molecule has 0 aliphatic rings. The van der Waals surface area contributed by atoms with Crippen molar-refractivity contribution in [3.05, 3.63) is 29.3 Å². The lowest BCUT2D eigenvalue weighted by Crippen LogP contribution is -2.08. The molecule has 0 aliphatic heterocycles. The highest BCUT2D eigenvalue weighted by Crippen LogP contribution is 2.21. The molecule has 172 valence electrons. The number of hydrogen-bond acceptors (Lipinski definition) is 6. The highest BCUT2D eigenvalue weighted by Gasteiger charge is 2.10. The number of rotatable bonds is 19. The third-order valence-corrected chi connectivity index (χ3v) is 7.06. The van der Waals surface area contributed by atoms with Gasteiger partial charge in [0.05, 0.1) is 18.8 Å². The fraction of sp³-hybridized carbons (Fsp3) is 0.708. The standard InChI is InChI=1S/C24H40O4S2/c1-3-4-5-6-7-8-9-10-11-12-14-27-23-19-21(2)18-22(20-23)24(26)28-15-17-30-29-16-13-25/h18-20,25H,3-17H2,1-2H3. The molecule has 1 aromatic carbocycles. The van der Waals surface area contributed by atoms with Gasteiger partial charge < -0.3 is 14.6 Å². The van der Waals surface area contributed by atoms with Crippen molar-refractivity contribution in [3.63, 3.8) is 0 Å². The molecule has 0 heterocycles. The number of aliphatic hydroxyl groups is 1. The summed E-state index contributed by atoms with van der Waals surface area (Å²) >= 11 is 0. The Morgan fingerprint density at radius 2 is 1.50 bits per heavy atom. The average Bonchev–Trinajstić information content (AvgIpc) is 2.74. The molecule has 0 unspecified atom stereocenters. The first-order valence-corrected chi connectivity index (χ1v) is 13.9. The molecule has 0 aromatic heterocycles. The number of aliphatic hydroxyl groups excluding tert-OH is 1. The zero-order valence-corrected chi connectivity index (χ0v) is 20.5. The van der Waals surface area contributed by atoms with E-state index in [0.29, 0.717) is 30.3 Å². The van der Waals surface area contributed by atoms with Crippen LogP contribution in [0.15, 0.2) is 18.2 Å². The number of esters is 1. The van der Waals surface area contributed by atoms with E-state index in [4.69, 9.17) is 14.6 Å². The summed E-state index contributed by atoms with van der Waals surface area (Å²) in [4.78, 5) is 12.3. The van der Waals surface area contributed by atoms with Gasteiger partial charge in [0, 0.05) is 11.5 Å². The number of aryl methyl sites for hydroxylation is 1. The Morgan fingerprint density at radius 1 is 0.867 bits per heavy atom. The molecule has 0 saturated carbocycles. The van der Waals surface area contributed by atoms with Crippen molar-refractivity contribution < 1.29 is 19.4 Å². The van der Waals surface area contributed by atoms with E-state index in [9.17, 15) is 4.79 Å². The molecule has 1 rings (SSSR count). The van der Waals surface area contributed by atoms with Crippen LogP contribution >= 0.6 is 21.6 Å². The van der Waals surface area contributed by atoms with Gasteiger partial charge in [-0.05, 0) is 37.1 Å². The third kappa shape index (κ3) is 14.2. The first-order chi connectivity index (χ1) is 14.7. The van der Waals surface area contributed by atoms with Crippen LogP contribution in [-0.4, -0.2) is 42.4 Å². The van der Waals surface area contributed by atoms with E-state index < -0.39 is 0 Å². The molecular formula is C24H40O4S2. The summed E-state index contributed by atoms with van der Waals surface area (Å²) in [6.07, 6.45) is 13.0. The topological polar surface area (TPSA) is 55.8 Å². The Hall–Kier alpha value is -0.850. The molecule has 0 radical (unpaired) electrons. The number of benzene rings is 1. The number of hydrogen-bond donors (Lipinski definition) is 1. The fourth-order valence-electron chi connectivity index (χ4n) is 3.14. The van der Waals surface area contributed by atoms with Gasteiger partial charge in [-0.2, -0.15) is 0 Å². The Labute approximate surface area is 191 Å². The normalized spacial score (nSPS) is 10.9. The molecule has 1 aromatic rings. The van der Waals surface area contributed by atoms with Crippen LogP contribution in [0.25, 0.3) is 0 Å². The zero-order chi connectivity index (χ0) is 21.9. The average molecular weight is 457 g/mol. The lowest BCUT2D eigenvalue weighted by Gasteiger charge is -2.10. The van der Waals surface area contributed by atoms with Crippen molar-refractivity contribution in [3.8, 4) is 5.75 Å². The summed E-state index contributed by atoms with van der Waals surface area (Å²) in [6, 6.07) is 5.58. The maximum atomic E-state index is 12.3. The third-order valence-electron chi connectivity index (χ3n) is 4.71. The summed E-state index contributed by atoms with van der Waals surface area (Å²) in [6.45, 7) is 5.44. The van der Waals surface area contributed by atoms with Gasteiger partial charge in [0.2, 0.25) is 0 Å². The van der Waals surface area contributed by atoms with E-state index >= 15 is 0 Å². The number of ether oxygens (including phenoxy) is 2. The largest absolute Gasteiger partial charge is 0.494 e. The van der Waals surface area contributed by atoms with Crippen LogP contribution in [0.2, 0.25) is 0 Å². The molecule has 4 nitrogen and oxygen atoms in total. The van der Waals surface area contributed by atoms with E-state index in [1.807, 2.05) is 19.1 Å². The second kappa shape index (κ2) is 18.9. The Balaban J connectivity index is 2.18. The van der Waals surface area contributed by atoms with Crippen molar-refractivity contribution in [2.24, 2.45) is 0 Å². The van der Waals surface area contributed by atoms with Gasteiger partial charge in [-0.15, -0.1) is 0 Å². The molecule has 0 fully saturated rings. The minimum atomic E-state index is -0.310. The first-order valence-electron chi connectivity index (χ1n) is 11.4. The van der Waals surface area contributed by atoms with Crippen molar-refractivity contribution in [1.29, 1.82) is 0 Å². The van der Waals surface area contributed by atoms with E-state index in [-0.39, 0.29) is 12.6 Å². The van der Waals surface area contributed by atoms with Crippen LogP contribution in [0, 0.1) is 6.92 Å². The summed E-state index contributed by atoms with van der Waals surface area (Å²) in [5.74, 6) is 1.83. The predicted octanol–water partition coefficient (Wildman–Crippen LogP) is 6.83. The second-order valence-electron chi connectivity index (χ2n) is 7.57. The van der Waals surface area contributed by atoms with Gasteiger partial charge in [-0.1, -0.05) is 86.3 Å². The van der Waals surface area contributed by atoms with E-state index in [2.05, 4.69) is 6.92 Å². The molecule has 0 aliphatic carbocycles. The highest BCUT2D eigenvalue weighted by molar-refractivity contribution is 8.76. The summed E-state index contributed by atoms with van der Waals surface area (Å²) in [5.41, 5.74) is 1.54. The molecule has 0 atom stereocenters. The maximum Gasteiger partial charge on any atom is 0.338 e. The Bertz CT molecular complexity index is 566. The maximum absolute atomic E-state index is 12.3. The molecule has 0 spiro atoms. The van der Waals surface area contributed by atoms with Crippen LogP contribution in [0.1, 0.15) is 87.1 Å². The van der Waals surface area contributed by atoms with Crippen molar-refractivity contribution in [2.45, 2.75) is 78.1 Å². The molecule has 1 N–H and O–H groups in total. The lowest BCUT2D eigenvalue weighted by molar-refractivity contribution is 0.0530.